The quantitative estimate of drug-likeness (QED) is 0.763. The summed E-state index contributed by atoms with van der Waals surface area (Å²) >= 11 is 0. The number of rotatable bonds is 7. The van der Waals surface area contributed by atoms with Crippen LogP contribution in [0.2, 0.25) is 0 Å². The molecular weight excluding hydrogens is 335 g/mol. The molecule has 0 saturated heterocycles. The van der Waals surface area contributed by atoms with Crippen LogP contribution in [0.5, 0.6) is 11.5 Å². The number of ether oxygens (including phenoxy) is 2. The molecule has 0 radical (unpaired) electrons. The molecule has 0 bridgehead atoms. The highest BCUT2D eigenvalue weighted by Crippen LogP contribution is 2.29. The van der Waals surface area contributed by atoms with Crippen LogP contribution in [0.25, 0.3) is 0 Å². The lowest BCUT2D eigenvalue weighted by atomic mass is 10.1. The molecule has 0 N–H and O–H groups in total. The normalized spacial score (nSPS) is 10.6. The van der Waals surface area contributed by atoms with Crippen molar-refractivity contribution in [3.8, 4) is 11.5 Å². The van der Waals surface area contributed by atoms with E-state index in [-0.39, 0.29) is 30.4 Å². The minimum Gasteiger partial charge on any atom is -0.493 e. The van der Waals surface area contributed by atoms with Crippen LogP contribution < -0.4 is 9.47 Å². The second-order valence-electron chi connectivity index (χ2n) is 5.42. The number of benzene rings is 2. The molecule has 0 fully saturated rings. The Hall–Kier alpha value is -2.70. The summed E-state index contributed by atoms with van der Waals surface area (Å²) in [7, 11) is 2.93. The van der Waals surface area contributed by atoms with Gasteiger partial charge in [-0.15, -0.1) is 0 Å². The van der Waals surface area contributed by atoms with Gasteiger partial charge >= 0.3 is 6.61 Å². The zero-order valence-electron chi connectivity index (χ0n) is 13.8. The van der Waals surface area contributed by atoms with E-state index in [1.165, 1.54) is 42.3 Å². The molecule has 0 aliphatic rings. The molecule has 0 spiro atoms. The molecule has 2 rings (SSSR count). The van der Waals surface area contributed by atoms with Crippen molar-refractivity contribution in [2.24, 2.45) is 0 Å². The van der Waals surface area contributed by atoms with Crippen molar-refractivity contribution in [2.45, 2.75) is 19.6 Å². The monoisotopic (exact) mass is 353 g/mol. The van der Waals surface area contributed by atoms with Crippen LogP contribution in [0.15, 0.2) is 42.5 Å². The third kappa shape index (κ3) is 5.41. The Morgan fingerprint density at radius 3 is 2.52 bits per heavy atom. The van der Waals surface area contributed by atoms with Gasteiger partial charge in [0.1, 0.15) is 5.82 Å². The number of nitrogens with zero attached hydrogens (tertiary/aromatic N) is 1. The average molecular weight is 353 g/mol. The fourth-order valence-electron chi connectivity index (χ4n) is 2.33. The van der Waals surface area contributed by atoms with E-state index in [4.69, 9.17) is 4.74 Å². The zero-order chi connectivity index (χ0) is 18.4. The minimum absolute atomic E-state index is 0.0464. The summed E-state index contributed by atoms with van der Waals surface area (Å²) in [5.74, 6) is -0.548. The lowest BCUT2D eigenvalue weighted by molar-refractivity contribution is -0.129. The number of amides is 1. The van der Waals surface area contributed by atoms with E-state index in [1.807, 2.05) is 0 Å². The highest BCUT2D eigenvalue weighted by atomic mass is 19.3. The van der Waals surface area contributed by atoms with Crippen LogP contribution in [-0.4, -0.2) is 31.6 Å². The highest BCUT2D eigenvalue weighted by Gasteiger charge is 2.14. The minimum atomic E-state index is -2.98. The van der Waals surface area contributed by atoms with Gasteiger partial charge in [-0.25, -0.2) is 4.39 Å². The molecular formula is C18H18F3NO3. The van der Waals surface area contributed by atoms with Crippen LogP contribution in [0.3, 0.4) is 0 Å². The van der Waals surface area contributed by atoms with Gasteiger partial charge in [0.05, 0.1) is 13.5 Å². The maximum atomic E-state index is 13.2. The predicted molar refractivity (Wildman–Crippen MR) is 86.2 cm³/mol. The fraction of sp³-hybridized carbons (Fsp3) is 0.278. The van der Waals surface area contributed by atoms with E-state index < -0.39 is 12.4 Å². The Bertz CT molecular complexity index is 737. The van der Waals surface area contributed by atoms with E-state index in [0.717, 1.165) is 0 Å². The molecule has 0 unspecified atom stereocenters. The standard InChI is InChI=1S/C18H18F3NO3/c1-22(17(23)10-12-4-3-5-14(19)8-12)11-13-6-7-15(24-2)16(9-13)25-18(20)21/h3-9,18H,10-11H2,1-2H3. The summed E-state index contributed by atoms with van der Waals surface area (Å²) in [4.78, 5) is 13.7. The number of carbonyl (C=O) groups excluding carboxylic acids is 1. The topological polar surface area (TPSA) is 38.8 Å². The molecule has 25 heavy (non-hydrogen) atoms. The largest absolute Gasteiger partial charge is 0.493 e. The summed E-state index contributed by atoms with van der Waals surface area (Å²) < 4.78 is 47.5. The van der Waals surface area contributed by atoms with Crippen LogP contribution in [0.1, 0.15) is 11.1 Å². The Morgan fingerprint density at radius 2 is 1.88 bits per heavy atom. The van der Waals surface area contributed by atoms with Gasteiger partial charge in [0.15, 0.2) is 11.5 Å². The third-order valence-corrected chi connectivity index (χ3v) is 3.53. The fourth-order valence-corrected chi connectivity index (χ4v) is 2.33. The summed E-state index contributed by atoms with van der Waals surface area (Å²) in [6, 6.07) is 10.4. The maximum Gasteiger partial charge on any atom is 0.387 e. The molecule has 2 aromatic rings. The lowest BCUT2D eigenvalue weighted by Crippen LogP contribution is -2.27. The highest BCUT2D eigenvalue weighted by molar-refractivity contribution is 5.78. The van der Waals surface area contributed by atoms with Crippen LogP contribution in [0.4, 0.5) is 13.2 Å². The number of halogens is 3. The second kappa shape index (κ2) is 8.41. The van der Waals surface area contributed by atoms with Gasteiger partial charge in [0.2, 0.25) is 5.91 Å². The van der Waals surface area contributed by atoms with Gasteiger partial charge in [-0.05, 0) is 35.4 Å². The maximum absolute atomic E-state index is 13.2. The number of hydrogen-bond donors (Lipinski definition) is 0. The molecule has 0 saturated carbocycles. The van der Waals surface area contributed by atoms with Gasteiger partial charge in [-0.1, -0.05) is 18.2 Å². The van der Waals surface area contributed by atoms with Gasteiger partial charge in [-0.2, -0.15) is 8.78 Å². The smallest absolute Gasteiger partial charge is 0.387 e. The van der Waals surface area contributed by atoms with Gasteiger partial charge < -0.3 is 14.4 Å². The second-order valence-corrected chi connectivity index (χ2v) is 5.42. The van der Waals surface area contributed by atoms with E-state index in [9.17, 15) is 18.0 Å². The Kier molecular flexibility index (Phi) is 6.27. The molecule has 0 aliphatic carbocycles. The lowest BCUT2D eigenvalue weighted by Gasteiger charge is -2.18. The Balaban J connectivity index is 2.06. The van der Waals surface area contributed by atoms with Crippen molar-refractivity contribution < 1.29 is 27.4 Å². The molecule has 2 aromatic carbocycles. The van der Waals surface area contributed by atoms with Crippen molar-refractivity contribution in [3.63, 3.8) is 0 Å². The average Bonchev–Trinajstić information content (AvgIpc) is 2.54. The predicted octanol–water partition coefficient (Wildman–Crippen LogP) is 3.64. The summed E-state index contributed by atoms with van der Waals surface area (Å²) in [6.45, 7) is -2.78. The van der Waals surface area contributed by atoms with E-state index in [1.54, 1.807) is 19.2 Å². The number of likely N-dealkylation sites (N-methyl/N-ethyl adjacent to an activating group) is 1. The number of alkyl halides is 2. The summed E-state index contributed by atoms with van der Waals surface area (Å²) in [5, 5.41) is 0. The van der Waals surface area contributed by atoms with Crippen LogP contribution in [-0.2, 0) is 17.8 Å². The molecule has 0 heterocycles. The molecule has 1 amide bonds. The summed E-state index contributed by atoms with van der Waals surface area (Å²) in [5.41, 5.74) is 1.17. The van der Waals surface area contributed by atoms with Gasteiger partial charge in [0.25, 0.3) is 0 Å². The van der Waals surface area contributed by atoms with Crippen molar-refractivity contribution in [3.05, 3.63) is 59.4 Å². The van der Waals surface area contributed by atoms with E-state index in [2.05, 4.69) is 4.74 Å². The first kappa shape index (κ1) is 18.6. The van der Waals surface area contributed by atoms with Gasteiger partial charge in [0, 0.05) is 13.6 Å². The number of hydrogen-bond acceptors (Lipinski definition) is 3. The Labute approximate surface area is 143 Å². The zero-order valence-corrected chi connectivity index (χ0v) is 13.8. The van der Waals surface area contributed by atoms with Crippen LogP contribution >= 0.6 is 0 Å². The summed E-state index contributed by atoms with van der Waals surface area (Å²) in [6.07, 6.45) is 0.0464. The number of methoxy groups -OCH3 is 1. The number of carbonyl (C=O) groups is 1. The first-order valence-corrected chi connectivity index (χ1v) is 7.49. The molecule has 7 heteroatoms. The molecule has 4 nitrogen and oxygen atoms in total. The SMILES string of the molecule is COc1ccc(CN(C)C(=O)Cc2cccc(F)c2)cc1OC(F)F. The van der Waals surface area contributed by atoms with Crippen molar-refractivity contribution in [2.75, 3.05) is 14.2 Å². The third-order valence-electron chi connectivity index (χ3n) is 3.53. The Morgan fingerprint density at radius 1 is 1.12 bits per heavy atom. The van der Waals surface area contributed by atoms with Crippen molar-refractivity contribution >= 4 is 5.91 Å². The van der Waals surface area contributed by atoms with Crippen LogP contribution in [0, 0.1) is 5.82 Å². The van der Waals surface area contributed by atoms with E-state index in [0.29, 0.717) is 11.1 Å². The van der Waals surface area contributed by atoms with E-state index >= 15 is 0 Å². The molecule has 0 aromatic heterocycles. The van der Waals surface area contributed by atoms with Gasteiger partial charge in [-0.3, -0.25) is 4.79 Å². The molecule has 134 valence electrons. The molecule has 0 aliphatic heterocycles. The molecule has 0 atom stereocenters. The first-order valence-electron chi connectivity index (χ1n) is 7.49. The van der Waals surface area contributed by atoms with Crippen molar-refractivity contribution in [1.82, 2.24) is 4.90 Å². The van der Waals surface area contributed by atoms with Crippen molar-refractivity contribution in [1.29, 1.82) is 0 Å². The first-order chi connectivity index (χ1) is 11.9.